The Labute approximate surface area is 108 Å². The van der Waals surface area contributed by atoms with Crippen LogP contribution in [0.5, 0.6) is 0 Å². The van der Waals surface area contributed by atoms with Gasteiger partial charge in [0.1, 0.15) is 5.41 Å². The molecule has 0 bridgehead atoms. The number of nitrogens with one attached hydrogen (secondary N) is 1. The number of piperidine rings is 1. The number of hydrogen-bond acceptors (Lipinski definition) is 3. The van der Waals surface area contributed by atoms with E-state index in [9.17, 15) is 14.7 Å². The van der Waals surface area contributed by atoms with Crippen molar-refractivity contribution in [3.63, 3.8) is 0 Å². The van der Waals surface area contributed by atoms with E-state index in [-0.39, 0.29) is 11.9 Å². The van der Waals surface area contributed by atoms with Crippen molar-refractivity contribution in [2.75, 3.05) is 19.6 Å². The summed E-state index contributed by atoms with van der Waals surface area (Å²) in [7, 11) is 0. The predicted molar refractivity (Wildman–Crippen MR) is 67.2 cm³/mol. The SMILES string of the molecule is CCN1CCCC(NC(=O)C2(C(=O)O)CCC2)C1. The molecule has 1 heterocycles. The highest BCUT2D eigenvalue weighted by Gasteiger charge is 2.51. The van der Waals surface area contributed by atoms with E-state index >= 15 is 0 Å². The average molecular weight is 254 g/mol. The molecular weight excluding hydrogens is 232 g/mol. The highest BCUT2D eigenvalue weighted by molar-refractivity contribution is 6.02. The summed E-state index contributed by atoms with van der Waals surface area (Å²) in [5.41, 5.74) is -1.13. The fourth-order valence-corrected chi connectivity index (χ4v) is 2.85. The Bertz CT molecular complexity index is 339. The van der Waals surface area contributed by atoms with Gasteiger partial charge < -0.3 is 15.3 Å². The van der Waals surface area contributed by atoms with E-state index in [1.807, 2.05) is 0 Å². The Morgan fingerprint density at radius 3 is 2.61 bits per heavy atom. The summed E-state index contributed by atoms with van der Waals surface area (Å²) in [6.07, 6.45) is 3.83. The smallest absolute Gasteiger partial charge is 0.319 e. The van der Waals surface area contributed by atoms with E-state index in [1.54, 1.807) is 0 Å². The van der Waals surface area contributed by atoms with Gasteiger partial charge in [0.15, 0.2) is 0 Å². The van der Waals surface area contributed by atoms with Gasteiger partial charge in [-0.05, 0) is 38.8 Å². The van der Waals surface area contributed by atoms with Gasteiger partial charge in [0, 0.05) is 12.6 Å². The third-order valence-electron chi connectivity index (χ3n) is 4.34. The molecule has 2 rings (SSSR count). The average Bonchev–Trinajstić information content (AvgIpc) is 2.27. The largest absolute Gasteiger partial charge is 0.480 e. The van der Waals surface area contributed by atoms with Crippen molar-refractivity contribution in [2.24, 2.45) is 5.41 Å². The van der Waals surface area contributed by atoms with Crippen molar-refractivity contribution in [1.82, 2.24) is 10.2 Å². The van der Waals surface area contributed by atoms with Crippen LogP contribution in [0.4, 0.5) is 0 Å². The first-order valence-corrected chi connectivity index (χ1v) is 6.85. The lowest BCUT2D eigenvalue weighted by Crippen LogP contribution is -2.56. The van der Waals surface area contributed by atoms with E-state index in [2.05, 4.69) is 17.1 Å². The molecule has 1 saturated heterocycles. The molecule has 0 spiro atoms. The second-order valence-electron chi connectivity index (χ2n) is 5.45. The van der Waals surface area contributed by atoms with Crippen molar-refractivity contribution in [1.29, 1.82) is 0 Å². The van der Waals surface area contributed by atoms with Gasteiger partial charge in [-0.1, -0.05) is 13.3 Å². The van der Waals surface area contributed by atoms with Gasteiger partial charge in [0.25, 0.3) is 0 Å². The highest BCUT2D eigenvalue weighted by Crippen LogP contribution is 2.41. The first-order valence-electron chi connectivity index (χ1n) is 6.85. The van der Waals surface area contributed by atoms with Crippen LogP contribution in [0.3, 0.4) is 0 Å². The molecule has 1 saturated carbocycles. The molecule has 0 aromatic carbocycles. The van der Waals surface area contributed by atoms with Crippen LogP contribution in [0.2, 0.25) is 0 Å². The van der Waals surface area contributed by atoms with Gasteiger partial charge in [-0.15, -0.1) is 0 Å². The van der Waals surface area contributed by atoms with Crippen LogP contribution in [0, 0.1) is 5.41 Å². The fourth-order valence-electron chi connectivity index (χ4n) is 2.85. The number of carbonyl (C=O) groups excluding carboxylic acids is 1. The minimum Gasteiger partial charge on any atom is -0.480 e. The Morgan fingerprint density at radius 2 is 2.11 bits per heavy atom. The molecule has 1 aliphatic heterocycles. The molecule has 1 aliphatic carbocycles. The number of hydrogen-bond donors (Lipinski definition) is 2. The van der Waals surface area contributed by atoms with Gasteiger partial charge in [-0.2, -0.15) is 0 Å². The van der Waals surface area contributed by atoms with Crippen molar-refractivity contribution < 1.29 is 14.7 Å². The number of amides is 1. The number of carboxylic acid groups (broad SMARTS) is 1. The van der Waals surface area contributed by atoms with E-state index in [4.69, 9.17) is 0 Å². The third kappa shape index (κ3) is 2.36. The number of likely N-dealkylation sites (tertiary alicyclic amines) is 1. The van der Waals surface area contributed by atoms with E-state index < -0.39 is 11.4 Å². The molecule has 0 radical (unpaired) electrons. The Hall–Kier alpha value is -1.10. The van der Waals surface area contributed by atoms with Gasteiger partial charge in [0.2, 0.25) is 5.91 Å². The van der Waals surface area contributed by atoms with Gasteiger partial charge >= 0.3 is 5.97 Å². The van der Waals surface area contributed by atoms with Crippen molar-refractivity contribution >= 4 is 11.9 Å². The van der Waals surface area contributed by atoms with Crippen LogP contribution in [0.1, 0.15) is 39.0 Å². The second kappa shape index (κ2) is 5.26. The van der Waals surface area contributed by atoms with Crippen LogP contribution in [0.15, 0.2) is 0 Å². The monoisotopic (exact) mass is 254 g/mol. The molecule has 18 heavy (non-hydrogen) atoms. The Kier molecular flexibility index (Phi) is 3.90. The maximum Gasteiger partial charge on any atom is 0.319 e. The molecule has 5 nitrogen and oxygen atoms in total. The zero-order chi connectivity index (χ0) is 13.2. The van der Waals surface area contributed by atoms with Crippen LogP contribution >= 0.6 is 0 Å². The molecule has 2 aliphatic rings. The Morgan fingerprint density at radius 1 is 1.39 bits per heavy atom. The Balaban J connectivity index is 1.92. The predicted octanol–water partition coefficient (Wildman–Crippen LogP) is 0.842. The molecule has 1 atom stereocenters. The lowest BCUT2D eigenvalue weighted by Gasteiger charge is -2.39. The normalized spacial score (nSPS) is 27.3. The number of carbonyl (C=O) groups is 2. The summed E-state index contributed by atoms with van der Waals surface area (Å²) in [5, 5.41) is 12.2. The molecule has 2 fully saturated rings. The quantitative estimate of drug-likeness (QED) is 0.729. The zero-order valence-corrected chi connectivity index (χ0v) is 10.9. The summed E-state index contributed by atoms with van der Waals surface area (Å²) in [5.74, 6) is -1.24. The van der Waals surface area contributed by atoms with E-state index in [1.165, 1.54) is 0 Å². The van der Waals surface area contributed by atoms with Crippen molar-refractivity contribution in [3.8, 4) is 0 Å². The maximum absolute atomic E-state index is 12.1. The number of rotatable bonds is 4. The summed E-state index contributed by atoms with van der Waals surface area (Å²) < 4.78 is 0. The van der Waals surface area contributed by atoms with Crippen molar-refractivity contribution in [3.05, 3.63) is 0 Å². The van der Waals surface area contributed by atoms with Crippen LogP contribution in [-0.2, 0) is 9.59 Å². The molecule has 2 N–H and O–H groups in total. The highest BCUT2D eigenvalue weighted by atomic mass is 16.4. The summed E-state index contributed by atoms with van der Waals surface area (Å²) >= 11 is 0. The lowest BCUT2D eigenvalue weighted by atomic mass is 9.68. The first kappa shape index (κ1) is 13.3. The number of carboxylic acids is 1. The second-order valence-corrected chi connectivity index (χ2v) is 5.45. The molecule has 1 amide bonds. The first-order chi connectivity index (χ1) is 8.58. The number of likely N-dealkylation sites (N-methyl/N-ethyl adjacent to an activating group) is 1. The summed E-state index contributed by atoms with van der Waals surface area (Å²) in [4.78, 5) is 25.7. The molecule has 0 aromatic rings. The van der Waals surface area contributed by atoms with E-state index in [0.29, 0.717) is 12.8 Å². The zero-order valence-electron chi connectivity index (χ0n) is 10.9. The van der Waals surface area contributed by atoms with Gasteiger partial charge in [0.05, 0.1) is 0 Å². The van der Waals surface area contributed by atoms with E-state index in [0.717, 1.165) is 38.9 Å². The summed E-state index contributed by atoms with van der Waals surface area (Å²) in [6.45, 7) is 5.01. The minimum atomic E-state index is -1.13. The molecule has 5 heteroatoms. The molecule has 1 unspecified atom stereocenters. The van der Waals surface area contributed by atoms with Crippen molar-refractivity contribution in [2.45, 2.75) is 45.1 Å². The fraction of sp³-hybridized carbons (Fsp3) is 0.846. The maximum atomic E-state index is 12.1. The van der Waals surface area contributed by atoms with Crippen LogP contribution in [0.25, 0.3) is 0 Å². The lowest BCUT2D eigenvalue weighted by molar-refractivity contribution is -0.162. The minimum absolute atomic E-state index is 0.114. The molecule has 0 aromatic heterocycles. The van der Waals surface area contributed by atoms with Crippen LogP contribution < -0.4 is 5.32 Å². The van der Waals surface area contributed by atoms with Crippen LogP contribution in [-0.4, -0.2) is 47.6 Å². The summed E-state index contributed by atoms with van der Waals surface area (Å²) in [6, 6.07) is 0.114. The van der Waals surface area contributed by atoms with Gasteiger partial charge in [-0.25, -0.2) is 0 Å². The number of aliphatic carboxylic acids is 1. The van der Waals surface area contributed by atoms with Gasteiger partial charge in [-0.3, -0.25) is 9.59 Å². The number of nitrogens with zero attached hydrogens (tertiary/aromatic N) is 1. The molecule has 102 valence electrons. The third-order valence-corrected chi connectivity index (χ3v) is 4.34. The standard InChI is InChI=1S/C13H22N2O3/c1-2-15-8-3-5-10(9-15)14-11(16)13(12(17)18)6-4-7-13/h10H,2-9H2,1H3,(H,14,16)(H,17,18). The topological polar surface area (TPSA) is 69.6 Å². The molecular formula is C13H22N2O3.